The molecule has 13 aromatic rings. The lowest BCUT2D eigenvalue weighted by Crippen LogP contribution is -2.74. The lowest BCUT2D eigenvalue weighted by Gasteiger charge is -2.34. The molecule has 0 fully saturated rings. The smallest absolute Gasteiger partial charge is 0.179 e. The van der Waals surface area contributed by atoms with Crippen molar-refractivity contribution in [3.63, 3.8) is 0 Å². The van der Waals surface area contributed by atoms with Gasteiger partial charge in [-0.1, -0.05) is 200 Å². The van der Waals surface area contributed by atoms with Crippen LogP contribution in [0.4, 0.5) is 0 Å². The molecule has 0 aliphatic heterocycles. The van der Waals surface area contributed by atoms with Crippen LogP contribution < -0.4 is 20.7 Å². The molecule has 3 heterocycles. The molecular weight excluding hydrogens is 809 g/mol. The highest BCUT2D eigenvalue weighted by Crippen LogP contribution is 2.44. The van der Waals surface area contributed by atoms with Gasteiger partial charge in [0.1, 0.15) is 0 Å². The van der Waals surface area contributed by atoms with E-state index in [-0.39, 0.29) is 0 Å². The molecule has 0 spiro atoms. The third-order valence-corrected chi connectivity index (χ3v) is 19.4. The molecule has 0 amide bonds. The fraction of sp³-hybridized carbons (Fsp3) is 0. The maximum atomic E-state index is 2.55. The van der Waals surface area contributed by atoms with Gasteiger partial charge in [0.15, 0.2) is 8.07 Å². The average molecular weight is 849 g/mol. The summed E-state index contributed by atoms with van der Waals surface area (Å²) in [5.41, 5.74) is 9.51. The van der Waals surface area contributed by atoms with Crippen LogP contribution >= 0.6 is 11.3 Å². The van der Waals surface area contributed by atoms with E-state index < -0.39 is 8.07 Å². The highest BCUT2D eigenvalue weighted by molar-refractivity contribution is 7.25. The monoisotopic (exact) mass is 848 g/mol. The van der Waals surface area contributed by atoms with Crippen molar-refractivity contribution in [1.82, 2.24) is 9.13 Å². The Balaban J connectivity index is 1.11. The Morgan fingerprint density at radius 3 is 1.48 bits per heavy atom. The molecule has 10 aromatic carbocycles. The molecule has 0 N–H and O–H groups in total. The number of fused-ring (bicyclic) bond motifs is 9. The fourth-order valence-electron chi connectivity index (χ4n) is 10.8. The minimum Gasteiger partial charge on any atom is -0.307 e. The number of para-hydroxylation sites is 4. The summed E-state index contributed by atoms with van der Waals surface area (Å²) in [6.45, 7) is 0. The maximum Gasteiger partial charge on any atom is 0.179 e. The molecule has 0 aliphatic carbocycles. The van der Waals surface area contributed by atoms with Gasteiger partial charge in [-0.3, -0.25) is 0 Å². The fourth-order valence-corrected chi connectivity index (χ4v) is 16.7. The molecular formula is C60H40N2SSi. The Morgan fingerprint density at radius 2 is 0.812 bits per heavy atom. The zero-order valence-electron chi connectivity index (χ0n) is 34.9. The number of aromatic nitrogens is 2. The van der Waals surface area contributed by atoms with Crippen LogP contribution in [0.5, 0.6) is 0 Å². The predicted octanol–water partition coefficient (Wildman–Crippen LogP) is 13.3. The van der Waals surface area contributed by atoms with Crippen molar-refractivity contribution in [2.75, 3.05) is 0 Å². The molecule has 4 heteroatoms. The molecule has 64 heavy (non-hydrogen) atoms. The van der Waals surface area contributed by atoms with Gasteiger partial charge in [0.2, 0.25) is 0 Å². The third-order valence-electron chi connectivity index (χ3n) is 13.5. The second kappa shape index (κ2) is 14.7. The molecule has 0 atom stereocenters. The standard InChI is InChI=1S/C60H40N2SSi/c1-4-20-43(21-5-1)64(44-22-6-2-7-23-44,45-24-8-3-9-25-45)46-26-16-19-42(40-46)61-54-33-13-10-28-49(54)53-32-18-35-56(60(53)61)62-55-34-14-11-27-48(55)52-31-17-30-47(59(52)62)41-37-38-51-50-29-12-15-36-57(50)63-58(51)39-41/h1-40H. The molecule has 0 unspecified atom stereocenters. The minimum absolute atomic E-state index is 1.15. The van der Waals surface area contributed by atoms with Gasteiger partial charge in [-0.25, -0.2) is 0 Å². The molecule has 0 saturated carbocycles. The Kier molecular flexibility index (Phi) is 8.45. The number of benzene rings is 10. The normalized spacial score (nSPS) is 12.1. The summed E-state index contributed by atoms with van der Waals surface area (Å²) in [4.78, 5) is 0. The summed E-state index contributed by atoms with van der Waals surface area (Å²) < 4.78 is 7.72. The molecule has 13 rings (SSSR count). The summed E-state index contributed by atoms with van der Waals surface area (Å²) in [7, 11) is -2.81. The number of hydrogen-bond acceptors (Lipinski definition) is 1. The zero-order chi connectivity index (χ0) is 42.2. The van der Waals surface area contributed by atoms with Crippen molar-refractivity contribution in [2.24, 2.45) is 0 Å². The molecule has 0 bridgehead atoms. The van der Waals surface area contributed by atoms with E-state index in [2.05, 4.69) is 252 Å². The van der Waals surface area contributed by atoms with E-state index in [9.17, 15) is 0 Å². The first kappa shape index (κ1) is 36.9. The summed E-state index contributed by atoms with van der Waals surface area (Å²) >= 11 is 1.88. The van der Waals surface area contributed by atoms with Crippen molar-refractivity contribution >= 4 is 104 Å². The Labute approximate surface area is 376 Å². The summed E-state index contributed by atoms with van der Waals surface area (Å²) in [5, 5.41) is 13.0. The molecule has 2 nitrogen and oxygen atoms in total. The largest absolute Gasteiger partial charge is 0.307 e. The number of thiophene rings is 1. The van der Waals surface area contributed by atoms with Gasteiger partial charge < -0.3 is 9.13 Å². The van der Waals surface area contributed by atoms with Crippen LogP contribution in [0.25, 0.3) is 86.3 Å². The zero-order valence-corrected chi connectivity index (χ0v) is 36.7. The third kappa shape index (κ3) is 5.43. The second-order valence-electron chi connectivity index (χ2n) is 16.8. The van der Waals surface area contributed by atoms with Gasteiger partial charge in [0.05, 0.1) is 27.8 Å². The summed E-state index contributed by atoms with van der Waals surface area (Å²) in [5.74, 6) is 0. The second-order valence-corrected chi connectivity index (χ2v) is 21.7. The summed E-state index contributed by atoms with van der Waals surface area (Å²) in [6, 6.07) is 90.6. The maximum absolute atomic E-state index is 2.81. The van der Waals surface area contributed by atoms with Crippen LogP contribution in [-0.2, 0) is 0 Å². The lowest BCUT2D eigenvalue weighted by atomic mass is 10.0. The first-order valence-corrected chi connectivity index (χ1v) is 24.8. The summed E-state index contributed by atoms with van der Waals surface area (Å²) in [6.07, 6.45) is 0. The Hall–Kier alpha value is -7.76. The van der Waals surface area contributed by atoms with Crippen molar-refractivity contribution in [2.45, 2.75) is 0 Å². The van der Waals surface area contributed by atoms with E-state index in [4.69, 9.17) is 0 Å². The molecule has 0 radical (unpaired) electrons. The highest BCUT2D eigenvalue weighted by atomic mass is 32.1. The van der Waals surface area contributed by atoms with Gasteiger partial charge in [0.25, 0.3) is 0 Å². The van der Waals surface area contributed by atoms with Crippen LogP contribution in [0, 0.1) is 0 Å². The van der Waals surface area contributed by atoms with Gasteiger partial charge in [-0.05, 0) is 68.8 Å². The Bertz CT molecular complexity index is 3800. The van der Waals surface area contributed by atoms with Crippen LogP contribution in [0.1, 0.15) is 0 Å². The number of rotatable bonds is 7. The first-order chi connectivity index (χ1) is 31.8. The van der Waals surface area contributed by atoms with Crippen molar-refractivity contribution in [3.8, 4) is 22.5 Å². The van der Waals surface area contributed by atoms with E-state index >= 15 is 0 Å². The number of nitrogens with zero attached hydrogens (tertiary/aromatic N) is 2. The van der Waals surface area contributed by atoms with E-state index in [0.717, 1.165) is 11.4 Å². The van der Waals surface area contributed by atoms with E-state index in [0.29, 0.717) is 0 Å². The Morgan fingerprint density at radius 1 is 0.312 bits per heavy atom. The highest BCUT2D eigenvalue weighted by Gasteiger charge is 2.41. The van der Waals surface area contributed by atoms with E-state index in [1.807, 2.05) is 11.3 Å². The van der Waals surface area contributed by atoms with Gasteiger partial charge >= 0.3 is 0 Å². The van der Waals surface area contributed by atoms with Gasteiger partial charge in [-0.2, -0.15) is 0 Å². The first-order valence-electron chi connectivity index (χ1n) is 22.0. The van der Waals surface area contributed by atoms with Crippen LogP contribution in [0.15, 0.2) is 243 Å². The van der Waals surface area contributed by atoms with Crippen LogP contribution in [0.2, 0.25) is 0 Å². The van der Waals surface area contributed by atoms with Crippen molar-refractivity contribution in [3.05, 3.63) is 243 Å². The molecule has 3 aromatic heterocycles. The molecule has 0 aliphatic rings. The van der Waals surface area contributed by atoms with E-state index in [1.54, 1.807) is 0 Å². The SMILES string of the molecule is c1ccc([Si](c2ccccc2)(c2ccccc2)c2cccc(-n3c4ccccc4c4cccc(-n5c6ccccc6c6cccc(-c7ccc8c(c7)sc7ccccc78)c65)c43)c2)cc1. The molecule has 0 saturated heterocycles. The predicted molar refractivity (Wildman–Crippen MR) is 277 cm³/mol. The lowest BCUT2D eigenvalue weighted by molar-refractivity contribution is 1.13. The molecule has 300 valence electrons. The van der Waals surface area contributed by atoms with Crippen LogP contribution in [-0.4, -0.2) is 17.2 Å². The average Bonchev–Trinajstić information content (AvgIpc) is 4.03. The van der Waals surface area contributed by atoms with Crippen molar-refractivity contribution in [1.29, 1.82) is 0 Å². The number of hydrogen-bond donors (Lipinski definition) is 0. The van der Waals surface area contributed by atoms with Gasteiger partial charge in [0, 0.05) is 53.0 Å². The van der Waals surface area contributed by atoms with Crippen LogP contribution in [0.3, 0.4) is 0 Å². The minimum atomic E-state index is -2.81. The topological polar surface area (TPSA) is 9.86 Å². The van der Waals surface area contributed by atoms with Gasteiger partial charge in [-0.15, -0.1) is 11.3 Å². The van der Waals surface area contributed by atoms with Crippen molar-refractivity contribution < 1.29 is 0 Å². The quantitative estimate of drug-likeness (QED) is 0.112. The van der Waals surface area contributed by atoms with E-state index in [1.165, 1.54) is 95.7 Å².